The van der Waals surface area contributed by atoms with Gasteiger partial charge in [0.25, 0.3) is 5.56 Å². The second-order valence-electron chi connectivity index (χ2n) is 8.08. The highest BCUT2D eigenvalue weighted by molar-refractivity contribution is 7.07. The van der Waals surface area contributed by atoms with Crippen LogP contribution in [-0.2, 0) is 14.3 Å². The molecule has 0 saturated heterocycles. The number of thiazole rings is 1. The van der Waals surface area contributed by atoms with Gasteiger partial charge in [-0.25, -0.2) is 14.6 Å². The number of phenols is 1. The number of hydrogen-bond acceptors (Lipinski definition) is 9. The Morgan fingerprint density at radius 1 is 1.26 bits per heavy atom. The lowest BCUT2D eigenvalue weighted by Gasteiger charge is -2.25. The number of fused-ring (bicyclic) bond motifs is 1. The van der Waals surface area contributed by atoms with E-state index < -0.39 is 30.1 Å². The molecule has 0 bridgehead atoms. The van der Waals surface area contributed by atoms with Gasteiger partial charge in [0.1, 0.15) is 11.8 Å². The lowest BCUT2D eigenvalue weighted by Crippen LogP contribution is -2.40. The van der Waals surface area contributed by atoms with E-state index in [1.807, 2.05) is 0 Å². The molecule has 0 amide bonds. The van der Waals surface area contributed by atoms with Gasteiger partial charge in [-0.3, -0.25) is 9.36 Å². The summed E-state index contributed by atoms with van der Waals surface area (Å²) in [5.41, 5.74) is 0.908. The van der Waals surface area contributed by atoms with Gasteiger partial charge < -0.3 is 24.4 Å². The van der Waals surface area contributed by atoms with Crippen molar-refractivity contribution in [2.45, 2.75) is 19.9 Å². The number of nitrogens with zero attached hydrogens (tertiary/aromatic N) is 2. The van der Waals surface area contributed by atoms with E-state index in [9.17, 15) is 19.5 Å². The fraction of sp³-hybridized carbons (Fsp3) is 0.231. The Bertz CT molecular complexity index is 1640. The summed E-state index contributed by atoms with van der Waals surface area (Å²) < 4.78 is 17.4. The van der Waals surface area contributed by atoms with E-state index in [0.717, 1.165) is 11.3 Å². The number of allylic oxidation sites excluding steroid dienone is 1. The molecule has 0 fully saturated rings. The standard InChI is InChI=1S/C26H23ClN2O8S/c1-4-36-25(34)21-13(2)28-26-29(22(21)15-7-5-6-8-17(15)30)24(33)19(38-26)11-14-9-16(27)23(18(10-14)35-3)37-12-20(31)32/h5-11,22,30H,4,12H2,1-3H3,(H,31,32). The monoisotopic (exact) mass is 558 g/mol. The van der Waals surface area contributed by atoms with Gasteiger partial charge in [0.15, 0.2) is 22.9 Å². The van der Waals surface area contributed by atoms with Crippen molar-refractivity contribution in [1.82, 2.24) is 4.57 Å². The fourth-order valence-electron chi connectivity index (χ4n) is 4.05. The average Bonchev–Trinajstić information content (AvgIpc) is 3.16. The first-order valence-electron chi connectivity index (χ1n) is 11.4. The van der Waals surface area contributed by atoms with E-state index in [2.05, 4.69) is 4.99 Å². The summed E-state index contributed by atoms with van der Waals surface area (Å²) in [6.07, 6.45) is 1.57. The minimum Gasteiger partial charge on any atom is -0.508 e. The lowest BCUT2D eigenvalue weighted by atomic mass is 9.95. The number of aromatic hydroxyl groups is 1. The number of ether oxygens (including phenoxy) is 3. The first-order valence-corrected chi connectivity index (χ1v) is 12.5. The predicted octanol–water partition coefficient (Wildman–Crippen LogP) is 2.63. The fourth-order valence-corrected chi connectivity index (χ4v) is 5.37. The summed E-state index contributed by atoms with van der Waals surface area (Å²) >= 11 is 7.42. The Morgan fingerprint density at radius 3 is 2.66 bits per heavy atom. The molecule has 0 saturated carbocycles. The van der Waals surface area contributed by atoms with Crippen LogP contribution in [0, 0.1) is 0 Å². The minimum absolute atomic E-state index is 0.0597. The summed E-state index contributed by atoms with van der Waals surface area (Å²) in [7, 11) is 1.38. The Labute approximate surface area is 225 Å². The number of esters is 1. The third-order valence-corrected chi connectivity index (χ3v) is 6.90. The number of para-hydroxylation sites is 1. The summed E-state index contributed by atoms with van der Waals surface area (Å²) in [4.78, 5) is 42.4. The zero-order valence-corrected chi connectivity index (χ0v) is 22.1. The Morgan fingerprint density at radius 2 is 2.00 bits per heavy atom. The van der Waals surface area contributed by atoms with Crippen molar-refractivity contribution in [2.24, 2.45) is 4.99 Å². The minimum atomic E-state index is -1.18. The Balaban J connectivity index is 1.90. The molecule has 1 aliphatic rings. The van der Waals surface area contributed by atoms with Gasteiger partial charge >= 0.3 is 11.9 Å². The van der Waals surface area contributed by atoms with Gasteiger partial charge in [0.05, 0.1) is 34.5 Å². The quantitative estimate of drug-likeness (QED) is 0.403. The molecule has 1 unspecified atom stereocenters. The predicted molar refractivity (Wildman–Crippen MR) is 140 cm³/mol. The van der Waals surface area contributed by atoms with Gasteiger partial charge in [-0.1, -0.05) is 41.1 Å². The van der Waals surface area contributed by atoms with Crippen LogP contribution in [0.5, 0.6) is 17.2 Å². The summed E-state index contributed by atoms with van der Waals surface area (Å²) in [6, 6.07) is 8.56. The number of hydrogen-bond donors (Lipinski definition) is 2. The first-order chi connectivity index (χ1) is 18.2. The lowest BCUT2D eigenvalue weighted by molar-refractivity contribution is -0.140. The molecule has 0 spiro atoms. The van der Waals surface area contributed by atoms with Gasteiger partial charge in [-0.15, -0.1) is 0 Å². The molecule has 1 atom stereocenters. The van der Waals surface area contributed by atoms with Gasteiger partial charge in [0.2, 0.25) is 0 Å². The zero-order chi connectivity index (χ0) is 27.6. The molecule has 2 heterocycles. The highest BCUT2D eigenvalue weighted by atomic mass is 35.5. The zero-order valence-electron chi connectivity index (χ0n) is 20.6. The normalized spacial score (nSPS) is 15.1. The van der Waals surface area contributed by atoms with Crippen LogP contribution in [0.25, 0.3) is 6.08 Å². The van der Waals surface area contributed by atoms with Crippen LogP contribution in [0.15, 0.2) is 57.5 Å². The number of aliphatic carboxylic acids is 1. The van der Waals surface area contributed by atoms with Crippen LogP contribution in [0.3, 0.4) is 0 Å². The number of carbonyl (C=O) groups is 2. The summed E-state index contributed by atoms with van der Waals surface area (Å²) in [5, 5.41) is 19.6. The second-order valence-corrected chi connectivity index (χ2v) is 9.49. The van der Waals surface area contributed by atoms with Crippen molar-refractivity contribution in [2.75, 3.05) is 20.3 Å². The molecule has 0 radical (unpaired) electrons. The van der Waals surface area contributed by atoms with E-state index in [4.69, 9.17) is 30.9 Å². The maximum absolute atomic E-state index is 13.7. The van der Waals surface area contributed by atoms with Crippen molar-refractivity contribution < 1.29 is 34.0 Å². The van der Waals surface area contributed by atoms with E-state index in [0.29, 0.717) is 21.6 Å². The molecule has 10 nitrogen and oxygen atoms in total. The molecule has 38 heavy (non-hydrogen) atoms. The van der Waals surface area contributed by atoms with Gasteiger partial charge in [-0.05, 0) is 43.7 Å². The number of rotatable bonds is 8. The highest BCUT2D eigenvalue weighted by Gasteiger charge is 2.34. The molecule has 3 aromatic rings. The Hall–Kier alpha value is -4.09. The van der Waals surface area contributed by atoms with Crippen LogP contribution >= 0.6 is 22.9 Å². The van der Waals surface area contributed by atoms with Crippen molar-refractivity contribution >= 4 is 41.0 Å². The van der Waals surface area contributed by atoms with Crippen molar-refractivity contribution in [3.8, 4) is 17.2 Å². The van der Waals surface area contributed by atoms with Gasteiger partial charge in [-0.2, -0.15) is 0 Å². The topological polar surface area (TPSA) is 137 Å². The summed E-state index contributed by atoms with van der Waals surface area (Å²) in [6.45, 7) is 2.84. The molecule has 0 aliphatic carbocycles. The number of carboxylic acids is 1. The van der Waals surface area contributed by atoms with E-state index >= 15 is 0 Å². The van der Waals surface area contributed by atoms with Crippen molar-refractivity contribution in [3.05, 3.63) is 83.5 Å². The van der Waals surface area contributed by atoms with Crippen LogP contribution in [0.2, 0.25) is 5.02 Å². The van der Waals surface area contributed by atoms with Crippen LogP contribution in [0.4, 0.5) is 0 Å². The van der Waals surface area contributed by atoms with Crippen LogP contribution in [-0.4, -0.2) is 47.0 Å². The number of carbonyl (C=O) groups excluding carboxylic acids is 1. The number of carboxylic acid groups (broad SMARTS) is 1. The smallest absolute Gasteiger partial charge is 0.341 e. The maximum Gasteiger partial charge on any atom is 0.341 e. The maximum atomic E-state index is 13.7. The molecular formula is C26H23ClN2O8S. The number of benzene rings is 2. The van der Waals surface area contributed by atoms with E-state index in [1.165, 1.54) is 23.8 Å². The van der Waals surface area contributed by atoms with Crippen LogP contribution < -0.4 is 24.4 Å². The number of aromatic nitrogens is 1. The largest absolute Gasteiger partial charge is 0.508 e. The average molecular weight is 559 g/mol. The third kappa shape index (κ3) is 5.15. The molecule has 1 aromatic heterocycles. The highest BCUT2D eigenvalue weighted by Crippen LogP contribution is 2.37. The van der Waals surface area contributed by atoms with Crippen LogP contribution in [0.1, 0.15) is 31.0 Å². The number of halogens is 1. The van der Waals surface area contributed by atoms with Crippen molar-refractivity contribution in [1.29, 1.82) is 0 Å². The first kappa shape index (κ1) is 27.0. The van der Waals surface area contributed by atoms with Gasteiger partial charge in [0, 0.05) is 5.56 Å². The second kappa shape index (κ2) is 11.1. The molecule has 12 heteroatoms. The molecular weight excluding hydrogens is 536 g/mol. The third-order valence-electron chi connectivity index (χ3n) is 5.64. The number of methoxy groups -OCH3 is 1. The molecule has 1 aliphatic heterocycles. The van der Waals surface area contributed by atoms with E-state index in [-0.39, 0.29) is 39.0 Å². The van der Waals surface area contributed by atoms with Crippen molar-refractivity contribution in [3.63, 3.8) is 0 Å². The summed E-state index contributed by atoms with van der Waals surface area (Å²) in [5.74, 6) is -1.65. The molecule has 4 rings (SSSR count). The van der Waals surface area contributed by atoms with E-state index in [1.54, 1.807) is 44.2 Å². The Kier molecular flexibility index (Phi) is 7.88. The molecule has 2 aromatic carbocycles. The molecule has 198 valence electrons. The SMILES string of the molecule is CCOC(=O)C1=C(C)N=c2sc(=Cc3cc(Cl)c(OCC(=O)O)c(OC)c3)c(=O)n2C1c1ccccc1O. The number of phenolic OH excluding ortho intramolecular Hbond substituents is 1. The molecule has 2 N–H and O–H groups in total.